The third-order valence-electron chi connectivity index (χ3n) is 7.14. The number of alkyl halides is 1. The molecule has 0 aliphatic carbocycles. The third kappa shape index (κ3) is 3.96. The molecule has 0 bridgehead atoms. The van der Waals surface area contributed by atoms with Crippen molar-refractivity contribution < 1.29 is 28.7 Å². The highest BCUT2D eigenvalue weighted by molar-refractivity contribution is 8.03. The summed E-state index contributed by atoms with van der Waals surface area (Å²) in [5.41, 5.74) is 0.0402. The van der Waals surface area contributed by atoms with E-state index < -0.39 is 18.2 Å². The Morgan fingerprint density at radius 3 is 2.66 bits per heavy atom. The third-order valence-corrected chi connectivity index (χ3v) is 8.65. The number of aliphatic carboxylic acids is 1. The Morgan fingerprint density at radius 1 is 1.34 bits per heavy atom. The first-order valence-electron chi connectivity index (χ1n) is 11.2. The molecule has 0 spiro atoms. The van der Waals surface area contributed by atoms with E-state index in [-0.39, 0.29) is 58.9 Å². The quantitative estimate of drug-likeness (QED) is 0.545. The van der Waals surface area contributed by atoms with E-state index in [9.17, 15) is 28.7 Å². The normalized spacial score (nSPS) is 35.2. The number of carbonyl (C=O) groups excluding carboxylic acids is 3. The van der Waals surface area contributed by atoms with E-state index in [0.717, 1.165) is 0 Å². The van der Waals surface area contributed by atoms with E-state index in [4.69, 9.17) is 0 Å². The SMILES string of the molecule is CC(=O)C[C@H](C)[C@H]1C(=O)N2C(C(=O)O)=C(S[C@@H]3CN[C@H](C(=O)N4CC[C@H](F)C4)C3)[C@H](C)[C@H]12. The number of ketones is 1. The zero-order valence-electron chi connectivity index (χ0n) is 18.5. The second-order valence-electron chi connectivity index (χ2n) is 9.52. The number of thioether (sulfide) groups is 1. The average Bonchev–Trinajstić information content (AvgIpc) is 3.40. The number of hydrogen-bond acceptors (Lipinski definition) is 6. The van der Waals surface area contributed by atoms with Gasteiger partial charge in [0.1, 0.15) is 17.7 Å². The van der Waals surface area contributed by atoms with E-state index in [1.54, 1.807) is 4.90 Å². The summed E-state index contributed by atoms with van der Waals surface area (Å²) in [7, 11) is 0. The first-order valence-corrected chi connectivity index (χ1v) is 12.1. The highest BCUT2D eigenvalue weighted by Gasteiger charge is 2.60. The molecule has 176 valence electrons. The monoisotopic (exact) mass is 467 g/mol. The summed E-state index contributed by atoms with van der Waals surface area (Å²) in [5.74, 6) is -2.09. The van der Waals surface area contributed by atoms with Crippen molar-refractivity contribution in [2.75, 3.05) is 19.6 Å². The van der Waals surface area contributed by atoms with Crippen molar-refractivity contribution in [2.45, 2.75) is 63.5 Å². The van der Waals surface area contributed by atoms with Gasteiger partial charge in [0.2, 0.25) is 11.8 Å². The Morgan fingerprint density at radius 2 is 2.06 bits per heavy atom. The number of hydrogen-bond donors (Lipinski definition) is 2. The van der Waals surface area contributed by atoms with Crippen LogP contribution in [-0.4, -0.2) is 81.6 Å². The minimum atomic E-state index is -1.13. The summed E-state index contributed by atoms with van der Waals surface area (Å²) in [5, 5.41) is 13.1. The molecule has 4 aliphatic rings. The van der Waals surface area contributed by atoms with Crippen LogP contribution in [0.2, 0.25) is 0 Å². The highest BCUT2D eigenvalue weighted by Crippen LogP contribution is 2.53. The van der Waals surface area contributed by atoms with Gasteiger partial charge in [0.05, 0.1) is 24.5 Å². The van der Waals surface area contributed by atoms with Gasteiger partial charge in [-0.2, -0.15) is 0 Å². The zero-order chi connectivity index (χ0) is 23.3. The van der Waals surface area contributed by atoms with Crippen LogP contribution in [0.3, 0.4) is 0 Å². The number of β-lactam (4-membered cyclic amide) rings is 1. The molecule has 10 heteroatoms. The number of likely N-dealkylation sites (tertiary alicyclic amines) is 1. The molecule has 8 nitrogen and oxygen atoms in total. The van der Waals surface area contributed by atoms with Gasteiger partial charge in [-0.3, -0.25) is 9.59 Å². The number of fused-ring (bicyclic) bond motifs is 1. The summed E-state index contributed by atoms with van der Waals surface area (Å²) in [4.78, 5) is 52.8. The number of amides is 2. The summed E-state index contributed by atoms with van der Waals surface area (Å²) in [6.45, 7) is 6.42. The van der Waals surface area contributed by atoms with E-state index >= 15 is 0 Å². The molecule has 7 atom stereocenters. The van der Waals surface area contributed by atoms with Crippen LogP contribution in [0.25, 0.3) is 0 Å². The molecule has 4 aliphatic heterocycles. The first kappa shape index (κ1) is 23.2. The lowest BCUT2D eigenvalue weighted by Crippen LogP contribution is -2.62. The highest BCUT2D eigenvalue weighted by atomic mass is 32.2. The van der Waals surface area contributed by atoms with Crippen LogP contribution in [0.1, 0.15) is 40.0 Å². The van der Waals surface area contributed by atoms with Gasteiger partial charge in [-0.15, -0.1) is 11.8 Å². The Bertz CT molecular complexity index is 880. The molecule has 0 unspecified atom stereocenters. The Hall–Kier alpha value is -1.94. The lowest BCUT2D eigenvalue weighted by molar-refractivity contribution is -0.160. The van der Waals surface area contributed by atoms with Crippen LogP contribution in [0.4, 0.5) is 4.39 Å². The fraction of sp³-hybridized carbons (Fsp3) is 0.727. The number of nitrogens with zero attached hydrogens (tertiary/aromatic N) is 2. The lowest BCUT2D eigenvalue weighted by atomic mass is 9.73. The lowest BCUT2D eigenvalue weighted by Gasteiger charge is -2.47. The van der Waals surface area contributed by atoms with Crippen LogP contribution >= 0.6 is 11.8 Å². The predicted molar refractivity (Wildman–Crippen MR) is 116 cm³/mol. The molecule has 2 amide bonds. The minimum absolute atomic E-state index is 0.0126. The molecule has 32 heavy (non-hydrogen) atoms. The van der Waals surface area contributed by atoms with Crippen molar-refractivity contribution >= 4 is 35.3 Å². The van der Waals surface area contributed by atoms with Gasteiger partial charge in [0, 0.05) is 35.6 Å². The van der Waals surface area contributed by atoms with Gasteiger partial charge in [0.25, 0.3) is 0 Å². The number of halogens is 1. The molecule has 3 fully saturated rings. The molecule has 2 N–H and O–H groups in total. The summed E-state index contributed by atoms with van der Waals surface area (Å²) >= 11 is 1.43. The Balaban J connectivity index is 1.45. The summed E-state index contributed by atoms with van der Waals surface area (Å²) < 4.78 is 13.5. The van der Waals surface area contributed by atoms with Crippen LogP contribution in [0.15, 0.2) is 10.6 Å². The molecule has 0 radical (unpaired) electrons. The van der Waals surface area contributed by atoms with E-state index in [0.29, 0.717) is 37.3 Å². The number of carbonyl (C=O) groups is 4. The van der Waals surface area contributed by atoms with Crippen LogP contribution in [-0.2, 0) is 19.2 Å². The molecule has 4 rings (SSSR count). The maximum absolute atomic E-state index is 13.5. The molecule has 0 saturated carbocycles. The van der Waals surface area contributed by atoms with E-state index in [1.165, 1.54) is 23.6 Å². The van der Waals surface area contributed by atoms with Gasteiger partial charge >= 0.3 is 5.97 Å². The van der Waals surface area contributed by atoms with Gasteiger partial charge in [-0.1, -0.05) is 13.8 Å². The number of carboxylic acid groups (broad SMARTS) is 1. The second kappa shape index (κ2) is 8.78. The topological polar surface area (TPSA) is 107 Å². The van der Waals surface area contributed by atoms with Gasteiger partial charge in [-0.25, -0.2) is 9.18 Å². The van der Waals surface area contributed by atoms with E-state index in [1.807, 2.05) is 13.8 Å². The molecule has 3 saturated heterocycles. The summed E-state index contributed by atoms with van der Waals surface area (Å²) in [6, 6.07) is -0.645. The van der Waals surface area contributed by atoms with Gasteiger partial charge in [0.15, 0.2) is 0 Å². The molecule has 0 aromatic rings. The largest absolute Gasteiger partial charge is 0.477 e. The van der Waals surface area contributed by atoms with Gasteiger partial charge < -0.3 is 25.0 Å². The van der Waals surface area contributed by atoms with Crippen LogP contribution < -0.4 is 5.32 Å². The van der Waals surface area contributed by atoms with Crippen molar-refractivity contribution in [1.29, 1.82) is 0 Å². The number of nitrogens with one attached hydrogen (secondary N) is 1. The fourth-order valence-electron chi connectivity index (χ4n) is 5.65. The fourth-order valence-corrected chi connectivity index (χ4v) is 7.12. The van der Waals surface area contributed by atoms with Crippen LogP contribution in [0, 0.1) is 17.8 Å². The average molecular weight is 468 g/mol. The molecule has 0 aromatic heterocycles. The Labute approximate surface area is 190 Å². The summed E-state index contributed by atoms with van der Waals surface area (Å²) in [6.07, 6.45) is 0.235. The van der Waals surface area contributed by atoms with Crippen molar-refractivity contribution in [1.82, 2.24) is 15.1 Å². The second-order valence-corrected chi connectivity index (χ2v) is 10.9. The van der Waals surface area contributed by atoms with Crippen molar-refractivity contribution in [3.63, 3.8) is 0 Å². The predicted octanol–water partition coefficient (Wildman–Crippen LogP) is 1.41. The van der Waals surface area contributed by atoms with Crippen molar-refractivity contribution in [3.05, 3.63) is 10.6 Å². The standard InChI is InChI=1S/C22H30FN3O5S/c1-10(6-11(2)27)16-17-12(3)19(18(22(30)31)26(17)21(16)29)32-14-7-15(24-8-14)20(28)25-5-4-13(23)9-25/h10,12-17,24H,4-9H2,1-3H3,(H,30,31)/t10-,12+,13-,14-,15-,16+,17+/m0/s1. The minimum Gasteiger partial charge on any atom is -0.477 e. The smallest absolute Gasteiger partial charge is 0.353 e. The number of Topliss-reactive ketones (excluding diaryl/α,β-unsaturated/α-hetero) is 1. The van der Waals surface area contributed by atoms with Crippen molar-refractivity contribution in [2.24, 2.45) is 17.8 Å². The van der Waals surface area contributed by atoms with Gasteiger partial charge in [-0.05, 0) is 25.7 Å². The number of rotatable bonds is 7. The molecule has 4 heterocycles. The van der Waals surface area contributed by atoms with E-state index in [2.05, 4.69) is 5.32 Å². The molecule has 0 aromatic carbocycles. The zero-order valence-corrected chi connectivity index (χ0v) is 19.4. The molecular formula is C22H30FN3O5S. The first-order chi connectivity index (χ1) is 15.1. The Kier molecular flexibility index (Phi) is 6.37. The molecular weight excluding hydrogens is 437 g/mol. The maximum atomic E-state index is 13.5. The number of carboxylic acids is 1. The van der Waals surface area contributed by atoms with Crippen LogP contribution in [0.5, 0.6) is 0 Å². The van der Waals surface area contributed by atoms with Crippen molar-refractivity contribution in [3.8, 4) is 0 Å². The maximum Gasteiger partial charge on any atom is 0.353 e.